The number of hydrogen-bond acceptors (Lipinski definition) is 2. The Labute approximate surface area is 73.3 Å². The van der Waals surface area contributed by atoms with E-state index in [1.165, 1.54) is 7.11 Å². The molecule has 1 aliphatic heterocycles. The van der Waals surface area contributed by atoms with Gasteiger partial charge < -0.3 is 9.22 Å². The first-order valence-corrected chi connectivity index (χ1v) is 4.20. The van der Waals surface area contributed by atoms with E-state index >= 15 is 0 Å². The minimum Gasteiger partial charge on any atom is -0.453 e. The first kappa shape index (κ1) is 9.32. The molecule has 1 rings (SSSR count). The monoisotopic (exact) mass is 173 g/mol. The lowest BCUT2D eigenvalue weighted by Gasteiger charge is -2.38. The molecule has 1 aliphatic rings. The molecule has 1 saturated heterocycles. The number of methoxy groups -OCH3 is 1. The molecule has 0 saturated carbocycles. The predicted molar refractivity (Wildman–Crippen MR) is 45.8 cm³/mol. The summed E-state index contributed by atoms with van der Waals surface area (Å²) < 4.78 is 5.63. The van der Waals surface area contributed by atoms with Crippen LogP contribution in [0.1, 0.15) is 0 Å². The zero-order chi connectivity index (χ0) is 9.19. The number of nitrogens with zero attached hydrogens (tertiary/aromatic N) is 2. The van der Waals surface area contributed by atoms with Gasteiger partial charge in [-0.1, -0.05) is 0 Å². The predicted octanol–water partition coefficient (Wildman–Crippen LogP) is 0.145. The Balaban J connectivity index is 2.41. The van der Waals surface area contributed by atoms with Gasteiger partial charge in [0.1, 0.15) is 0 Å². The molecular weight excluding hydrogens is 156 g/mol. The molecule has 70 valence electrons. The van der Waals surface area contributed by atoms with Gasteiger partial charge in [-0.3, -0.25) is 4.90 Å². The lowest BCUT2D eigenvalue weighted by molar-refractivity contribution is -0.894. The molecule has 0 radical (unpaired) electrons. The average Bonchev–Trinajstić information content (AvgIpc) is 2.03. The SMILES string of the molecule is COC(=O)N1CC[N+](C)(C)CC1. The van der Waals surface area contributed by atoms with Crippen molar-refractivity contribution in [2.45, 2.75) is 0 Å². The Morgan fingerprint density at radius 3 is 2.25 bits per heavy atom. The minimum atomic E-state index is -0.199. The number of carbonyl (C=O) groups is 1. The van der Waals surface area contributed by atoms with E-state index in [0.29, 0.717) is 0 Å². The first-order chi connectivity index (χ1) is 5.55. The van der Waals surface area contributed by atoms with E-state index in [4.69, 9.17) is 0 Å². The van der Waals surface area contributed by atoms with Gasteiger partial charge in [0.15, 0.2) is 0 Å². The van der Waals surface area contributed by atoms with E-state index in [2.05, 4.69) is 18.8 Å². The molecule has 0 bridgehead atoms. The van der Waals surface area contributed by atoms with Crippen molar-refractivity contribution in [1.82, 2.24) is 4.90 Å². The quantitative estimate of drug-likeness (QED) is 0.488. The van der Waals surface area contributed by atoms with Crippen molar-refractivity contribution in [3.8, 4) is 0 Å². The van der Waals surface area contributed by atoms with Crippen molar-refractivity contribution in [3.63, 3.8) is 0 Å². The summed E-state index contributed by atoms with van der Waals surface area (Å²) in [5, 5.41) is 0. The van der Waals surface area contributed by atoms with Crippen LogP contribution in [0.25, 0.3) is 0 Å². The lowest BCUT2D eigenvalue weighted by Crippen LogP contribution is -2.56. The van der Waals surface area contributed by atoms with Crippen LogP contribution in [0.3, 0.4) is 0 Å². The van der Waals surface area contributed by atoms with E-state index in [0.717, 1.165) is 30.7 Å². The molecule has 0 spiro atoms. The second kappa shape index (κ2) is 3.31. The van der Waals surface area contributed by atoms with E-state index < -0.39 is 0 Å². The van der Waals surface area contributed by atoms with Crippen molar-refractivity contribution >= 4 is 6.09 Å². The molecule has 4 heteroatoms. The van der Waals surface area contributed by atoms with Crippen LogP contribution in [0, 0.1) is 0 Å². The molecule has 4 nitrogen and oxygen atoms in total. The summed E-state index contributed by atoms with van der Waals surface area (Å²) >= 11 is 0. The maximum atomic E-state index is 11.1. The van der Waals surface area contributed by atoms with E-state index in [-0.39, 0.29) is 6.09 Å². The van der Waals surface area contributed by atoms with Crippen LogP contribution in [0.15, 0.2) is 0 Å². The van der Waals surface area contributed by atoms with Crippen molar-refractivity contribution in [2.75, 3.05) is 47.4 Å². The van der Waals surface area contributed by atoms with Gasteiger partial charge in [-0.2, -0.15) is 0 Å². The third-order valence-electron chi connectivity index (χ3n) is 2.38. The van der Waals surface area contributed by atoms with Gasteiger partial charge >= 0.3 is 6.09 Å². The van der Waals surface area contributed by atoms with Gasteiger partial charge in [0.05, 0.1) is 47.4 Å². The number of likely N-dealkylation sites (N-methyl/N-ethyl adjacent to an activating group) is 1. The summed E-state index contributed by atoms with van der Waals surface area (Å²) in [5.41, 5.74) is 0. The molecule has 0 aromatic carbocycles. The van der Waals surface area contributed by atoms with Gasteiger partial charge in [0.2, 0.25) is 0 Å². The smallest absolute Gasteiger partial charge is 0.409 e. The van der Waals surface area contributed by atoms with Gasteiger partial charge in [-0.25, -0.2) is 4.79 Å². The van der Waals surface area contributed by atoms with Crippen LogP contribution in [-0.4, -0.2) is 62.9 Å². The Bertz CT molecular complexity index is 170. The number of hydrogen-bond donors (Lipinski definition) is 0. The number of amides is 1. The maximum absolute atomic E-state index is 11.1. The second-order valence-corrected chi connectivity index (χ2v) is 3.84. The fourth-order valence-corrected chi connectivity index (χ4v) is 1.32. The molecule has 1 fully saturated rings. The molecule has 0 unspecified atom stereocenters. The van der Waals surface area contributed by atoms with E-state index in [1.807, 2.05) is 0 Å². The van der Waals surface area contributed by atoms with Gasteiger partial charge in [-0.15, -0.1) is 0 Å². The van der Waals surface area contributed by atoms with Crippen molar-refractivity contribution < 1.29 is 14.0 Å². The zero-order valence-electron chi connectivity index (χ0n) is 8.04. The fraction of sp³-hybridized carbons (Fsp3) is 0.875. The highest BCUT2D eigenvalue weighted by Crippen LogP contribution is 2.06. The number of rotatable bonds is 0. The van der Waals surface area contributed by atoms with Crippen molar-refractivity contribution in [1.29, 1.82) is 0 Å². The van der Waals surface area contributed by atoms with Gasteiger partial charge in [0, 0.05) is 0 Å². The van der Waals surface area contributed by atoms with Crippen LogP contribution >= 0.6 is 0 Å². The van der Waals surface area contributed by atoms with Crippen molar-refractivity contribution in [2.24, 2.45) is 0 Å². The molecule has 12 heavy (non-hydrogen) atoms. The number of carbonyl (C=O) groups excluding carboxylic acids is 1. The Hall–Kier alpha value is -0.770. The lowest BCUT2D eigenvalue weighted by atomic mass is 10.3. The summed E-state index contributed by atoms with van der Waals surface area (Å²) in [6, 6.07) is 0. The van der Waals surface area contributed by atoms with E-state index in [9.17, 15) is 4.79 Å². The highest BCUT2D eigenvalue weighted by molar-refractivity contribution is 5.67. The molecule has 0 aromatic rings. The average molecular weight is 173 g/mol. The van der Waals surface area contributed by atoms with Crippen LogP contribution < -0.4 is 0 Å². The third kappa shape index (κ3) is 2.11. The summed E-state index contributed by atoms with van der Waals surface area (Å²) in [6.07, 6.45) is -0.199. The topological polar surface area (TPSA) is 29.5 Å². The van der Waals surface area contributed by atoms with Gasteiger partial charge in [0.25, 0.3) is 0 Å². The molecule has 0 atom stereocenters. The molecule has 0 N–H and O–H groups in total. The van der Waals surface area contributed by atoms with Crippen LogP contribution in [0.4, 0.5) is 4.79 Å². The third-order valence-corrected chi connectivity index (χ3v) is 2.38. The van der Waals surface area contributed by atoms with E-state index in [1.54, 1.807) is 4.90 Å². The normalized spacial score (nSPS) is 22.1. The van der Waals surface area contributed by atoms with Crippen LogP contribution in [0.2, 0.25) is 0 Å². The molecule has 1 amide bonds. The highest BCUT2D eigenvalue weighted by atomic mass is 16.5. The standard InChI is InChI=1S/C8H17N2O2/c1-10(2)6-4-9(5-7-10)8(11)12-3/h4-7H2,1-3H3/q+1. The number of ether oxygens (including phenoxy) is 1. The molecule has 0 aromatic heterocycles. The Morgan fingerprint density at radius 1 is 1.33 bits per heavy atom. The zero-order valence-corrected chi connectivity index (χ0v) is 8.04. The second-order valence-electron chi connectivity index (χ2n) is 3.84. The first-order valence-electron chi connectivity index (χ1n) is 4.20. The summed E-state index contributed by atoms with van der Waals surface area (Å²) in [7, 11) is 5.78. The Kier molecular flexibility index (Phi) is 2.57. The summed E-state index contributed by atoms with van der Waals surface area (Å²) in [5.74, 6) is 0. The highest BCUT2D eigenvalue weighted by Gasteiger charge is 2.27. The minimum absolute atomic E-state index is 0.199. The van der Waals surface area contributed by atoms with Crippen LogP contribution in [-0.2, 0) is 4.74 Å². The number of quaternary nitrogens is 1. The summed E-state index contributed by atoms with van der Waals surface area (Å²) in [6.45, 7) is 3.63. The largest absolute Gasteiger partial charge is 0.453 e. The Morgan fingerprint density at radius 2 is 1.83 bits per heavy atom. The van der Waals surface area contributed by atoms with Gasteiger partial charge in [-0.05, 0) is 0 Å². The fourth-order valence-electron chi connectivity index (χ4n) is 1.32. The molecular formula is C8H17N2O2+. The molecule has 0 aliphatic carbocycles. The molecule has 1 heterocycles. The summed E-state index contributed by atoms with van der Waals surface area (Å²) in [4.78, 5) is 12.8. The maximum Gasteiger partial charge on any atom is 0.409 e. The number of piperazine rings is 1. The van der Waals surface area contributed by atoms with Crippen molar-refractivity contribution in [3.05, 3.63) is 0 Å². The van der Waals surface area contributed by atoms with Crippen LogP contribution in [0.5, 0.6) is 0 Å².